The Morgan fingerprint density at radius 2 is 1.62 bits per heavy atom. The summed E-state index contributed by atoms with van der Waals surface area (Å²) in [5, 5.41) is 1.61. The lowest BCUT2D eigenvalue weighted by Gasteiger charge is -2.18. The molecule has 2 rings (SSSR count). The Balaban J connectivity index is 2.12. The monoisotopic (exact) mass is 309 g/mol. The maximum absolute atomic E-state index is 13.7. The molecule has 0 aliphatic heterocycles. The first-order valence-electron chi connectivity index (χ1n) is 6.44. The van der Waals surface area contributed by atoms with Gasteiger partial charge in [0.25, 0.3) is 0 Å². The summed E-state index contributed by atoms with van der Waals surface area (Å²) in [5.74, 6) is -1.90. The van der Waals surface area contributed by atoms with Crippen LogP contribution < -0.4 is 5.32 Å². The molecule has 0 aliphatic carbocycles. The Morgan fingerprint density at radius 3 is 2.19 bits per heavy atom. The predicted molar refractivity (Wildman–Crippen MR) is 78.0 cm³/mol. The molecule has 0 fully saturated rings. The molecular weight excluding hydrogens is 296 g/mol. The number of rotatable bonds is 4. The highest BCUT2D eigenvalue weighted by atomic mass is 35.5. The van der Waals surface area contributed by atoms with Crippen LogP contribution in [0.4, 0.5) is 8.78 Å². The van der Waals surface area contributed by atoms with Crippen LogP contribution in [0.5, 0.6) is 0 Å². The third-order valence-electron chi connectivity index (χ3n) is 3.11. The predicted octanol–water partition coefficient (Wildman–Crippen LogP) is 4.12. The highest BCUT2D eigenvalue weighted by Gasteiger charge is 2.22. The van der Waals surface area contributed by atoms with Gasteiger partial charge in [0.1, 0.15) is 17.0 Å². The van der Waals surface area contributed by atoms with Crippen molar-refractivity contribution < 1.29 is 13.6 Å². The molecule has 0 heterocycles. The average Bonchev–Trinajstić information content (AvgIpc) is 2.47. The van der Waals surface area contributed by atoms with E-state index in [0.29, 0.717) is 5.56 Å². The second kappa shape index (κ2) is 6.68. The highest BCUT2D eigenvalue weighted by Crippen LogP contribution is 2.24. The van der Waals surface area contributed by atoms with Crippen molar-refractivity contribution in [2.45, 2.75) is 18.3 Å². The van der Waals surface area contributed by atoms with Crippen LogP contribution in [0, 0.1) is 11.6 Å². The fourth-order valence-electron chi connectivity index (χ4n) is 2.06. The van der Waals surface area contributed by atoms with Crippen LogP contribution in [0.15, 0.2) is 48.5 Å². The summed E-state index contributed by atoms with van der Waals surface area (Å²) >= 11 is 6.07. The number of alkyl halides is 1. The molecule has 110 valence electrons. The smallest absolute Gasteiger partial charge is 0.243 e. The van der Waals surface area contributed by atoms with E-state index in [0.717, 1.165) is 12.1 Å². The van der Waals surface area contributed by atoms with Gasteiger partial charge in [-0.25, -0.2) is 8.78 Å². The second-order valence-corrected chi connectivity index (χ2v) is 5.08. The van der Waals surface area contributed by atoms with Crippen molar-refractivity contribution in [3.63, 3.8) is 0 Å². The third-order valence-corrected chi connectivity index (χ3v) is 3.56. The lowest BCUT2D eigenvalue weighted by atomic mass is 10.1. The van der Waals surface area contributed by atoms with Crippen LogP contribution >= 0.6 is 11.6 Å². The van der Waals surface area contributed by atoms with Crippen molar-refractivity contribution in [1.29, 1.82) is 0 Å². The van der Waals surface area contributed by atoms with E-state index in [-0.39, 0.29) is 5.56 Å². The first-order chi connectivity index (χ1) is 10.0. The second-order valence-electron chi connectivity index (χ2n) is 4.64. The fourth-order valence-corrected chi connectivity index (χ4v) is 2.26. The number of halogens is 3. The van der Waals surface area contributed by atoms with E-state index in [1.807, 2.05) is 6.07 Å². The first kappa shape index (κ1) is 15.4. The molecule has 2 atom stereocenters. The van der Waals surface area contributed by atoms with E-state index < -0.39 is 29.0 Å². The van der Waals surface area contributed by atoms with Crippen LogP contribution in [-0.4, -0.2) is 5.91 Å². The molecule has 0 spiro atoms. The molecule has 2 aromatic carbocycles. The minimum absolute atomic E-state index is 0.178. The van der Waals surface area contributed by atoms with Gasteiger partial charge < -0.3 is 5.32 Å². The first-order valence-corrected chi connectivity index (χ1v) is 6.87. The average molecular weight is 310 g/mol. The van der Waals surface area contributed by atoms with Crippen molar-refractivity contribution in [3.8, 4) is 0 Å². The Kier molecular flexibility index (Phi) is 4.91. The van der Waals surface area contributed by atoms with Gasteiger partial charge >= 0.3 is 0 Å². The zero-order valence-corrected chi connectivity index (χ0v) is 12.1. The molecule has 0 aromatic heterocycles. The Labute approximate surface area is 126 Å². The van der Waals surface area contributed by atoms with Crippen LogP contribution in [0.1, 0.15) is 29.5 Å². The summed E-state index contributed by atoms with van der Waals surface area (Å²) in [6.45, 7) is 1.51. The largest absolute Gasteiger partial charge is 0.348 e. The minimum atomic E-state index is -0.913. The van der Waals surface area contributed by atoms with Gasteiger partial charge in [-0.3, -0.25) is 4.79 Å². The standard InChI is InChI=1S/C16H14ClF2NO/c1-10(14-12(18)8-5-9-13(14)19)20-16(21)15(17)11-6-3-2-4-7-11/h2-10,15H,1H3,(H,20,21). The summed E-state index contributed by atoms with van der Waals surface area (Å²) in [4.78, 5) is 12.1. The topological polar surface area (TPSA) is 29.1 Å². The molecule has 21 heavy (non-hydrogen) atoms. The molecule has 2 aromatic rings. The van der Waals surface area contributed by atoms with E-state index >= 15 is 0 Å². The van der Waals surface area contributed by atoms with Gasteiger partial charge in [-0.05, 0) is 24.6 Å². The van der Waals surface area contributed by atoms with Crippen molar-refractivity contribution in [2.75, 3.05) is 0 Å². The van der Waals surface area contributed by atoms with E-state index in [9.17, 15) is 13.6 Å². The molecule has 1 amide bonds. The maximum atomic E-state index is 13.7. The van der Waals surface area contributed by atoms with Crippen molar-refractivity contribution in [3.05, 3.63) is 71.3 Å². The molecule has 2 nitrogen and oxygen atoms in total. The summed E-state index contributed by atoms with van der Waals surface area (Å²) in [6.07, 6.45) is 0. The number of carbonyl (C=O) groups excluding carboxylic acids is 1. The van der Waals surface area contributed by atoms with E-state index in [1.54, 1.807) is 24.3 Å². The number of amides is 1. The number of benzene rings is 2. The Morgan fingerprint density at radius 1 is 1.05 bits per heavy atom. The van der Waals surface area contributed by atoms with E-state index in [4.69, 9.17) is 11.6 Å². The Hall–Kier alpha value is -1.94. The maximum Gasteiger partial charge on any atom is 0.243 e. The molecule has 2 unspecified atom stereocenters. The van der Waals surface area contributed by atoms with Gasteiger partial charge in [-0.15, -0.1) is 11.6 Å². The summed E-state index contributed by atoms with van der Waals surface area (Å²) < 4.78 is 27.3. The van der Waals surface area contributed by atoms with E-state index in [1.165, 1.54) is 13.0 Å². The van der Waals surface area contributed by atoms with Gasteiger partial charge in [0.15, 0.2) is 0 Å². The molecule has 0 aliphatic rings. The van der Waals surface area contributed by atoms with Crippen LogP contribution in [0.3, 0.4) is 0 Å². The summed E-state index contributed by atoms with van der Waals surface area (Å²) in [5.41, 5.74) is 0.445. The van der Waals surface area contributed by atoms with Crippen LogP contribution in [0.2, 0.25) is 0 Å². The van der Waals surface area contributed by atoms with E-state index in [2.05, 4.69) is 5.32 Å². The third kappa shape index (κ3) is 3.58. The van der Waals surface area contributed by atoms with Gasteiger partial charge in [-0.1, -0.05) is 36.4 Å². The van der Waals surface area contributed by atoms with Crippen molar-refractivity contribution >= 4 is 17.5 Å². The normalized spacial score (nSPS) is 13.5. The molecule has 1 N–H and O–H groups in total. The summed E-state index contributed by atoms with van der Waals surface area (Å²) in [6, 6.07) is 11.5. The zero-order chi connectivity index (χ0) is 15.4. The van der Waals surface area contributed by atoms with Crippen molar-refractivity contribution in [2.24, 2.45) is 0 Å². The molecule has 0 saturated carbocycles. The molecule has 0 saturated heterocycles. The van der Waals surface area contributed by atoms with Gasteiger partial charge in [0.2, 0.25) is 5.91 Å². The van der Waals surface area contributed by atoms with Crippen LogP contribution in [-0.2, 0) is 4.79 Å². The number of hydrogen-bond acceptors (Lipinski definition) is 1. The number of nitrogens with one attached hydrogen (secondary N) is 1. The quantitative estimate of drug-likeness (QED) is 0.846. The number of carbonyl (C=O) groups is 1. The zero-order valence-electron chi connectivity index (χ0n) is 11.3. The molecule has 0 radical (unpaired) electrons. The molecule has 5 heteroatoms. The van der Waals surface area contributed by atoms with Gasteiger partial charge in [0, 0.05) is 5.56 Å². The molecular formula is C16H14ClF2NO. The Bertz CT molecular complexity index is 613. The minimum Gasteiger partial charge on any atom is -0.348 e. The number of hydrogen-bond donors (Lipinski definition) is 1. The highest BCUT2D eigenvalue weighted by molar-refractivity contribution is 6.30. The van der Waals surface area contributed by atoms with Crippen LogP contribution in [0.25, 0.3) is 0 Å². The van der Waals surface area contributed by atoms with Crippen molar-refractivity contribution in [1.82, 2.24) is 5.32 Å². The SMILES string of the molecule is CC(NC(=O)C(Cl)c1ccccc1)c1c(F)cccc1F. The van der Waals surface area contributed by atoms with Gasteiger partial charge in [-0.2, -0.15) is 0 Å². The summed E-state index contributed by atoms with van der Waals surface area (Å²) in [7, 11) is 0. The lowest BCUT2D eigenvalue weighted by molar-refractivity contribution is -0.121. The van der Waals surface area contributed by atoms with Gasteiger partial charge in [0.05, 0.1) is 6.04 Å². The lowest BCUT2D eigenvalue weighted by Crippen LogP contribution is -2.30. The molecule has 0 bridgehead atoms. The fraction of sp³-hybridized carbons (Fsp3) is 0.188.